The van der Waals surface area contributed by atoms with E-state index in [9.17, 15) is 18.0 Å². The summed E-state index contributed by atoms with van der Waals surface area (Å²) in [5.41, 5.74) is 4.75. The summed E-state index contributed by atoms with van der Waals surface area (Å²) in [6.45, 7) is 0. The second-order valence-electron chi connectivity index (χ2n) is 4.20. The number of carbonyl (C=O) groups excluding carboxylic acids is 1. The van der Waals surface area contributed by atoms with Crippen LogP contribution in [-0.2, 0) is 10.9 Å². The number of nitrogens with zero attached hydrogens (tertiary/aromatic N) is 1. The third-order valence-corrected chi connectivity index (χ3v) is 2.83. The first kappa shape index (κ1) is 14.8. The van der Waals surface area contributed by atoms with Gasteiger partial charge in [-0.2, -0.15) is 13.2 Å². The van der Waals surface area contributed by atoms with Gasteiger partial charge < -0.3 is 10.5 Å². The summed E-state index contributed by atoms with van der Waals surface area (Å²) in [7, 11) is 1.19. The molecule has 1 aromatic carbocycles. The molecule has 2 N–H and O–H groups in total. The highest BCUT2D eigenvalue weighted by molar-refractivity contribution is 5.91. The summed E-state index contributed by atoms with van der Waals surface area (Å²) in [6, 6.07) is 6.20. The Bertz CT molecular complexity index is 684. The molecule has 0 amide bonds. The fraction of sp³-hybridized carbons (Fsp3) is 0.143. The van der Waals surface area contributed by atoms with E-state index in [1.165, 1.54) is 31.4 Å². The Labute approximate surface area is 118 Å². The van der Waals surface area contributed by atoms with Gasteiger partial charge in [0.1, 0.15) is 0 Å². The fourth-order valence-electron chi connectivity index (χ4n) is 1.87. The predicted octanol–water partition coefficient (Wildman–Crippen LogP) is 3.14. The fourth-order valence-corrected chi connectivity index (χ4v) is 1.87. The lowest BCUT2D eigenvalue weighted by molar-refractivity contribution is -0.137. The van der Waals surface area contributed by atoms with Crippen molar-refractivity contribution >= 4 is 11.7 Å². The summed E-state index contributed by atoms with van der Waals surface area (Å²) >= 11 is 0. The molecule has 0 aliphatic carbocycles. The van der Waals surface area contributed by atoms with Crippen LogP contribution < -0.4 is 5.73 Å². The maximum absolute atomic E-state index is 13.0. The number of esters is 1. The molecule has 21 heavy (non-hydrogen) atoms. The standard InChI is InChI=1S/C14H11F3N2O2/c1-21-13(20)8-6-11(18)12(19-7-8)9-4-2-3-5-10(9)14(15,16)17/h2-7H,18H2,1H3. The van der Waals surface area contributed by atoms with Crippen LogP contribution in [0.4, 0.5) is 18.9 Å². The minimum atomic E-state index is -4.52. The molecular formula is C14H11F3N2O2. The maximum Gasteiger partial charge on any atom is 0.417 e. The lowest BCUT2D eigenvalue weighted by atomic mass is 10.0. The van der Waals surface area contributed by atoms with Crippen molar-refractivity contribution in [2.75, 3.05) is 12.8 Å². The molecule has 7 heteroatoms. The number of anilines is 1. The second kappa shape index (κ2) is 5.43. The molecule has 0 fully saturated rings. The van der Waals surface area contributed by atoms with Crippen LogP contribution in [0.5, 0.6) is 0 Å². The molecule has 0 radical (unpaired) electrons. The van der Waals surface area contributed by atoms with Crippen LogP contribution >= 0.6 is 0 Å². The number of carbonyl (C=O) groups is 1. The van der Waals surface area contributed by atoms with Gasteiger partial charge in [0.2, 0.25) is 0 Å². The van der Waals surface area contributed by atoms with Crippen LogP contribution in [-0.4, -0.2) is 18.1 Å². The monoisotopic (exact) mass is 296 g/mol. The van der Waals surface area contributed by atoms with Gasteiger partial charge >= 0.3 is 12.1 Å². The average molecular weight is 296 g/mol. The number of alkyl halides is 3. The highest BCUT2D eigenvalue weighted by Crippen LogP contribution is 2.37. The SMILES string of the molecule is COC(=O)c1cnc(-c2ccccc2C(F)(F)F)c(N)c1. The third-order valence-electron chi connectivity index (χ3n) is 2.83. The number of rotatable bonds is 2. The van der Waals surface area contributed by atoms with Crippen molar-refractivity contribution in [3.8, 4) is 11.3 Å². The van der Waals surface area contributed by atoms with Gasteiger partial charge in [-0.15, -0.1) is 0 Å². The van der Waals surface area contributed by atoms with Gasteiger partial charge in [-0.05, 0) is 12.1 Å². The van der Waals surface area contributed by atoms with E-state index in [1.807, 2.05) is 0 Å². The lowest BCUT2D eigenvalue weighted by Crippen LogP contribution is -2.09. The molecule has 0 unspecified atom stereocenters. The smallest absolute Gasteiger partial charge is 0.417 e. The Morgan fingerprint density at radius 1 is 1.29 bits per heavy atom. The number of benzene rings is 1. The summed E-state index contributed by atoms with van der Waals surface area (Å²) < 4.78 is 43.5. The Morgan fingerprint density at radius 2 is 1.95 bits per heavy atom. The molecule has 2 aromatic rings. The summed E-state index contributed by atoms with van der Waals surface area (Å²) in [4.78, 5) is 15.2. The van der Waals surface area contributed by atoms with Gasteiger partial charge in [0, 0.05) is 11.8 Å². The quantitative estimate of drug-likeness (QED) is 0.865. The van der Waals surface area contributed by atoms with Crippen LogP contribution in [0, 0.1) is 0 Å². The van der Waals surface area contributed by atoms with Crippen LogP contribution in [0.2, 0.25) is 0 Å². The number of pyridine rings is 1. The van der Waals surface area contributed by atoms with Gasteiger partial charge in [0.25, 0.3) is 0 Å². The van der Waals surface area contributed by atoms with E-state index >= 15 is 0 Å². The van der Waals surface area contributed by atoms with Gasteiger partial charge in [-0.3, -0.25) is 4.98 Å². The average Bonchev–Trinajstić information content (AvgIpc) is 2.45. The van der Waals surface area contributed by atoms with E-state index in [0.29, 0.717) is 0 Å². The molecule has 4 nitrogen and oxygen atoms in total. The summed E-state index contributed by atoms with van der Waals surface area (Å²) in [5.74, 6) is -0.662. The van der Waals surface area contributed by atoms with Crippen molar-refractivity contribution in [3.63, 3.8) is 0 Å². The maximum atomic E-state index is 13.0. The highest BCUT2D eigenvalue weighted by Gasteiger charge is 2.34. The van der Waals surface area contributed by atoms with Crippen LogP contribution in [0.15, 0.2) is 36.5 Å². The lowest BCUT2D eigenvalue weighted by Gasteiger charge is -2.13. The molecule has 0 atom stereocenters. The van der Waals surface area contributed by atoms with E-state index in [0.717, 1.165) is 12.3 Å². The van der Waals surface area contributed by atoms with Crippen molar-refractivity contribution in [2.45, 2.75) is 6.18 Å². The minimum absolute atomic E-state index is 0.0319. The molecule has 0 aliphatic rings. The molecule has 2 rings (SSSR count). The van der Waals surface area contributed by atoms with E-state index in [-0.39, 0.29) is 22.5 Å². The van der Waals surface area contributed by atoms with E-state index in [1.54, 1.807) is 0 Å². The first-order chi connectivity index (χ1) is 9.84. The Morgan fingerprint density at radius 3 is 2.52 bits per heavy atom. The normalized spacial score (nSPS) is 11.2. The molecule has 0 saturated heterocycles. The number of ether oxygens (including phenoxy) is 1. The molecule has 1 aromatic heterocycles. The van der Waals surface area contributed by atoms with Gasteiger partial charge in [0.15, 0.2) is 0 Å². The molecular weight excluding hydrogens is 285 g/mol. The molecule has 0 saturated carbocycles. The second-order valence-corrected chi connectivity index (χ2v) is 4.20. The van der Waals surface area contributed by atoms with Crippen molar-refractivity contribution in [2.24, 2.45) is 0 Å². The largest absolute Gasteiger partial charge is 0.465 e. The molecule has 0 spiro atoms. The number of nitrogen functional groups attached to an aromatic ring is 1. The van der Waals surface area contributed by atoms with Crippen LogP contribution in [0.1, 0.15) is 15.9 Å². The zero-order valence-corrected chi connectivity index (χ0v) is 10.9. The number of nitrogens with two attached hydrogens (primary N) is 1. The zero-order valence-electron chi connectivity index (χ0n) is 10.9. The predicted molar refractivity (Wildman–Crippen MR) is 70.4 cm³/mol. The van der Waals surface area contributed by atoms with Crippen molar-refractivity contribution < 1.29 is 22.7 Å². The summed E-state index contributed by atoms with van der Waals surface area (Å²) in [5, 5.41) is 0. The van der Waals surface area contributed by atoms with Gasteiger partial charge in [0.05, 0.1) is 29.6 Å². The highest BCUT2D eigenvalue weighted by atomic mass is 19.4. The Balaban J connectivity index is 2.56. The number of halogens is 3. The van der Waals surface area contributed by atoms with E-state index in [4.69, 9.17) is 5.73 Å². The topological polar surface area (TPSA) is 65.2 Å². The first-order valence-electron chi connectivity index (χ1n) is 5.85. The number of aromatic nitrogens is 1. The molecule has 0 aliphatic heterocycles. The van der Waals surface area contributed by atoms with Gasteiger partial charge in [-0.25, -0.2) is 4.79 Å². The molecule has 1 heterocycles. The van der Waals surface area contributed by atoms with E-state index < -0.39 is 17.7 Å². The number of hydrogen-bond acceptors (Lipinski definition) is 4. The van der Waals surface area contributed by atoms with Crippen molar-refractivity contribution in [3.05, 3.63) is 47.7 Å². The molecule has 110 valence electrons. The summed E-state index contributed by atoms with van der Waals surface area (Å²) in [6.07, 6.45) is -3.39. The first-order valence-corrected chi connectivity index (χ1v) is 5.85. The third kappa shape index (κ3) is 2.96. The number of hydrogen-bond donors (Lipinski definition) is 1. The van der Waals surface area contributed by atoms with E-state index in [2.05, 4.69) is 9.72 Å². The van der Waals surface area contributed by atoms with Crippen LogP contribution in [0.3, 0.4) is 0 Å². The van der Waals surface area contributed by atoms with Crippen molar-refractivity contribution in [1.29, 1.82) is 0 Å². The Hall–Kier alpha value is -2.57. The zero-order chi connectivity index (χ0) is 15.6. The molecule has 0 bridgehead atoms. The Kier molecular flexibility index (Phi) is 3.84. The van der Waals surface area contributed by atoms with Gasteiger partial charge in [-0.1, -0.05) is 18.2 Å². The van der Waals surface area contributed by atoms with Crippen LogP contribution in [0.25, 0.3) is 11.3 Å². The number of methoxy groups -OCH3 is 1. The minimum Gasteiger partial charge on any atom is -0.465 e. The van der Waals surface area contributed by atoms with Crippen molar-refractivity contribution in [1.82, 2.24) is 4.98 Å².